The molecule has 0 amide bonds. The molecule has 2 aromatic carbocycles. The van der Waals surface area contributed by atoms with Crippen LogP contribution in [0.2, 0.25) is 0 Å². The summed E-state index contributed by atoms with van der Waals surface area (Å²) in [6.07, 6.45) is 1.16. The Bertz CT molecular complexity index is 831. The summed E-state index contributed by atoms with van der Waals surface area (Å²) in [5.74, 6) is 0.232. The summed E-state index contributed by atoms with van der Waals surface area (Å²) >= 11 is 3.23. The normalized spacial score (nSPS) is 13.3. The highest BCUT2D eigenvalue weighted by atomic mass is 79.9. The lowest BCUT2D eigenvalue weighted by atomic mass is 9.96. The van der Waals surface area contributed by atoms with Crippen LogP contribution in [-0.2, 0) is 21.8 Å². The Kier molecular flexibility index (Phi) is 3.53. The molecule has 0 N–H and O–H groups in total. The van der Waals surface area contributed by atoms with Crippen molar-refractivity contribution in [3.05, 3.63) is 47.3 Å². The van der Waals surface area contributed by atoms with Gasteiger partial charge in [0.25, 0.3) is 0 Å². The van der Waals surface area contributed by atoms with Crippen molar-refractivity contribution in [2.45, 2.75) is 16.8 Å². The number of fused-ring (bicyclic) bond motifs is 3. The summed E-state index contributed by atoms with van der Waals surface area (Å²) in [4.78, 5) is 0.221. The molecule has 0 radical (unpaired) electrons. The lowest BCUT2D eigenvalue weighted by molar-refractivity contribution is 0.301. The van der Waals surface area contributed by atoms with Crippen LogP contribution >= 0.6 is 15.9 Å². The number of sulfone groups is 1. The summed E-state index contributed by atoms with van der Waals surface area (Å²) < 4.78 is 43.0. The van der Waals surface area contributed by atoms with Crippen molar-refractivity contribution < 1.29 is 17.5 Å². The molecule has 0 fully saturated rings. The molecule has 0 aliphatic carbocycles. The molecule has 0 unspecified atom stereocenters. The molecule has 1 heterocycles. The average molecular weight is 371 g/mol. The number of rotatable bonds is 2. The van der Waals surface area contributed by atoms with Gasteiger partial charge in [-0.05, 0) is 35.4 Å². The molecule has 0 saturated carbocycles. The minimum atomic E-state index is -3.30. The summed E-state index contributed by atoms with van der Waals surface area (Å²) in [5.41, 5.74) is 2.65. The molecule has 0 aromatic heterocycles. The minimum Gasteiger partial charge on any atom is -0.488 e. The number of halogens is 2. The van der Waals surface area contributed by atoms with E-state index in [1.54, 1.807) is 24.3 Å². The van der Waals surface area contributed by atoms with E-state index in [1.165, 1.54) is 6.07 Å². The van der Waals surface area contributed by atoms with E-state index in [0.717, 1.165) is 11.8 Å². The highest BCUT2D eigenvalue weighted by Gasteiger charge is 2.21. The number of ether oxygens (including phenoxy) is 1. The van der Waals surface area contributed by atoms with E-state index in [2.05, 4.69) is 15.9 Å². The average Bonchev–Trinajstić information content (AvgIpc) is 2.45. The highest BCUT2D eigenvalue weighted by molar-refractivity contribution is 9.08. The first-order chi connectivity index (χ1) is 9.90. The minimum absolute atomic E-state index is 0.221. The van der Waals surface area contributed by atoms with Gasteiger partial charge in [-0.3, -0.25) is 0 Å². The lowest BCUT2D eigenvalue weighted by Crippen LogP contribution is -2.08. The van der Waals surface area contributed by atoms with Gasteiger partial charge in [-0.2, -0.15) is 0 Å². The third-order valence-corrected chi connectivity index (χ3v) is 5.19. The zero-order valence-corrected chi connectivity index (χ0v) is 13.6. The molecular weight excluding hydrogens is 359 g/mol. The van der Waals surface area contributed by atoms with Crippen LogP contribution in [0.25, 0.3) is 11.1 Å². The van der Waals surface area contributed by atoms with Crippen LogP contribution in [0, 0.1) is 5.82 Å². The molecular formula is C15H12BrFO3S. The zero-order chi connectivity index (χ0) is 15.2. The Morgan fingerprint density at radius 3 is 2.67 bits per heavy atom. The van der Waals surface area contributed by atoms with Gasteiger partial charge in [0.05, 0.1) is 4.90 Å². The van der Waals surface area contributed by atoms with E-state index in [-0.39, 0.29) is 10.7 Å². The Hall–Kier alpha value is -1.40. The standard InChI is InChI=1S/C15H12BrFO3S/c1-21(18,19)11-3-2-9-8-20-15-4-10(7-16)14(17)6-13(15)12(9)5-11/h2-6H,7-8H2,1H3. The Balaban J connectivity index is 2.24. The molecule has 1 aliphatic rings. The number of hydrogen-bond acceptors (Lipinski definition) is 3. The second-order valence-corrected chi connectivity index (χ2v) is 7.53. The van der Waals surface area contributed by atoms with E-state index in [0.29, 0.717) is 34.4 Å². The number of hydrogen-bond donors (Lipinski definition) is 0. The molecule has 0 saturated heterocycles. The fourth-order valence-corrected chi connectivity index (χ4v) is 3.42. The maximum Gasteiger partial charge on any atom is 0.175 e. The third kappa shape index (κ3) is 2.58. The van der Waals surface area contributed by atoms with Crippen LogP contribution in [0.5, 0.6) is 5.75 Å². The number of benzene rings is 2. The maximum absolute atomic E-state index is 14.0. The molecule has 110 valence electrons. The van der Waals surface area contributed by atoms with Gasteiger partial charge in [0.2, 0.25) is 0 Å². The second-order valence-electron chi connectivity index (χ2n) is 4.95. The van der Waals surface area contributed by atoms with Crippen molar-refractivity contribution in [1.29, 1.82) is 0 Å². The molecule has 2 aromatic rings. The van der Waals surface area contributed by atoms with E-state index >= 15 is 0 Å². The predicted octanol–water partition coefficient (Wildman–Crippen LogP) is 3.68. The van der Waals surface area contributed by atoms with Gasteiger partial charge < -0.3 is 4.74 Å². The molecule has 3 rings (SSSR count). The molecule has 0 atom stereocenters. The Labute approximate surface area is 130 Å². The first kappa shape index (κ1) is 14.5. The van der Waals surface area contributed by atoms with Crippen molar-refractivity contribution in [1.82, 2.24) is 0 Å². The summed E-state index contributed by atoms with van der Waals surface area (Å²) in [6.45, 7) is 0.347. The predicted molar refractivity (Wildman–Crippen MR) is 81.9 cm³/mol. The van der Waals surface area contributed by atoms with Gasteiger partial charge >= 0.3 is 0 Å². The van der Waals surface area contributed by atoms with Crippen molar-refractivity contribution in [3.8, 4) is 16.9 Å². The van der Waals surface area contributed by atoms with Gasteiger partial charge in [-0.15, -0.1) is 0 Å². The monoisotopic (exact) mass is 370 g/mol. The van der Waals surface area contributed by atoms with Gasteiger partial charge in [-0.1, -0.05) is 22.0 Å². The van der Waals surface area contributed by atoms with Crippen molar-refractivity contribution in [2.24, 2.45) is 0 Å². The van der Waals surface area contributed by atoms with E-state index in [4.69, 9.17) is 4.74 Å². The van der Waals surface area contributed by atoms with Crippen molar-refractivity contribution in [3.63, 3.8) is 0 Å². The van der Waals surface area contributed by atoms with Crippen LogP contribution in [0.15, 0.2) is 35.2 Å². The van der Waals surface area contributed by atoms with E-state index < -0.39 is 9.84 Å². The fourth-order valence-electron chi connectivity index (χ4n) is 2.35. The largest absolute Gasteiger partial charge is 0.488 e. The summed E-state index contributed by atoms with van der Waals surface area (Å²) in [6, 6.07) is 7.89. The van der Waals surface area contributed by atoms with Crippen LogP contribution in [0.1, 0.15) is 11.1 Å². The fraction of sp³-hybridized carbons (Fsp3) is 0.200. The molecule has 6 heteroatoms. The van der Waals surface area contributed by atoms with Gasteiger partial charge in [-0.25, -0.2) is 12.8 Å². The first-order valence-corrected chi connectivity index (χ1v) is 9.26. The maximum atomic E-state index is 14.0. The van der Waals surface area contributed by atoms with E-state index in [9.17, 15) is 12.8 Å². The smallest absolute Gasteiger partial charge is 0.175 e. The lowest BCUT2D eigenvalue weighted by Gasteiger charge is -2.22. The Morgan fingerprint density at radius 1 is 1.24 bits per heavy atom. The van der Waals surface area contributed by atoms with Crippen LogP contribution < -0.4 is 4.74 Å². The summed E-state index contributed by atoms with van der Waals surface area (Å²) in [5, 5.41) is 0.395. The van der Waals surface area contributed by atoms with Crippen molar-refractivity contribution in [2.75, 3.05) is 6.26 Å². The number of alkyl halides is 1. The van der Waals surface area contributed by atoms with Gasteiger partial charge in [0.1, 0.15) is 18.2 Å². The zero-order valence-electron chi connectivity index (χ0n) is 11.2. The molecule has 21 heavy (non-hydrogen) atoms. The SMILES string of the molecule is CS(=O)(=O)c1ccc2c(c1)-c1cc(F)c(CBr)cc1OC2. The third-order valence-electron chi connectivity index (χ3n) is 3.48. The van der Waals surface area contributed by atoms with Gasteiger partial charge in [0.15, 0.2) is 9.84 Å². The van der Waals surface area contributed by atoms with E-state index in [1.807, 2.05) is 0 Å². The van der Waals surface area contributed by atoms with Crippen LogP contribution in [-0.4, -0.2) is 14.7 Å². The van der Waals surface area contributed by atoms with Crippen molar-refractivity contribution >= 4 is 25.8 Å². The summed E-state index contributed by atoms with van der Waals surface area (Å²) in [7, 11) is -3.30. The highest BCUT2D eigenvalue weighted by Crippen LogP contribution is 2.40. The molecule has 0 bridgehead atoms. The first-order valence-electron chi connectivity index (χ1n) is 6.24. The molecule has 1 aliphatic heterocycles. The van der Waals surface area contributed by atoms with Gasteiger partial charge in [0, 0.05) is 22.7 Å². The van der Waals surface area contributed by atoms with Crippen LogP contribution in [0.3, 0.4) is 0 Å². The Morgan fingerprint density at radius 2 is 2.00 bits per heavy atom. The van der Waals surface area contributed by atoms with Crippen LogP contribution in [0.4, 0.5) is 4.39 Å². The molecule has 3 nitrogen and oxygen atoms in total. The molecule has 0 spiro atoms. The second kappa shape index (κ2) is 5.10. The quantitative estimate of drug-likeness (QED) is 0.757. The topological polar surface area (TPSA) is 43.4 Å².